The van der Waals surface area contributed by atoms with E-state index < -0.39 is 0 Å². The zero-order valence-corrected chi connectivity index (χ0v) is 8.04. The quantitative estimate of drug-likeness (QED) is 0.527. The standard InChI is InChI=1S/C10H17N2/c1-12(2,3)11-9-10-7-5-4-6-8-10/h4-8,11H,9H2,1-3H3/q+1. The fourth-order valence-electron chi connectivity index (χ4n) is 0.924. The number of nitrogens with zero attached hydrogens (tertiary/aromatic N) is 1. The average Bonchev–Trinajstić information content (AvgIpc) is 2.02. The van der Waals surface area contributed by atoms with Gasteiger partial charge in [0.05, 0.1) is 27.7 Å². The van der Waals surface area contributed by atoms with Crippen LogP contribution in [-0.4, -0.2) is 25.7 Å². The lowest BCUT2D eigenvalue weighted by Gasteiger charge is -2.23. The van der Waals surface area contributed by atoms with Crippen LogP contribution in [0.4, 0.5) is 0 Å². The summed E-state index contributed by atoms with van der Waals surface area (Å²) in [5, 5.41) is 0. The Kier molecular flexibility index (Phi) is 2.84. The maximum Gasteiger partial charge on any atom is 0.0853 e. The van der Waals surface area contributed by atoms with Gasteiger partial charge in [-0.05, 0) is 5.56 Å². The van der Waals surface area contributed by atoms with E-state index in [1.165, 1.54) is 5.56 Å². The van der Waals surface area contributed by atoms with Gasteiger partial charge in [-0.25, -0.2) is 0 Å². The Morgan fingerprint density at radius 3 is 2.17 bits per heavy atom. The molecule has 0 radical (unpaired) electrons. The van der Waals surface area contributed by atoms with E-state index in [1.807, 2.05) is 6.07 Å². The van der Waals surface area contributed by atoms with Crippen molar-refractivity contribution in [1.29, 1.82) is 0 Å². The lowest BCUT2D eigenvalue weighted by molar-refractivity contribution is -0.917. The van der Waals surface area contributed by atoms with Crippen LogP contribution in [0.5, 0.6) is 0 Å². The van der Waals surface area contributed by atoms with Gasteiger partial charge in [-0.15, -0.1) is 0 Å². The van der Waals surface area contributed by atoms with Crippen molar-refractivity contribution in [2.24, 2.45) is 0 Å². The van der Waals surface area contributed by atoms with Gasteiger partial charge in [0.1, 0.15) is 0 Å². The normalized spacial score (nSPS) is 11.6. The molecule has 0 aliphatic carbocycles. The molecule has 0 heterocycles. The molecule has 0 aliphatic rings. The van der Waals surface area contributed by atoms with Crippen LogP contribution >= 0.6 is 0 Å². The molecular weight excluding hydrogens is 148 g/mol. The van der Waals surface area contributed by atoms with Crippen molar-refractivity contribution in [1.82, 2.24) is 5.43 Å². The van der Waals surface area contributed by atoms with Crippen molar-refractivity contribution in [2.45, 2.75) is 6.54 Å². The third-order valence-electron chi connectivity index (χ3n) is 1.60. The average molecular weight is 165 g/mol. The Morgan fingerprint density at radius 1 is 1.08 bits per heavy atom. The largest absolute Gasteiger partial charge is 0.253 e. The van der Waals surface area contributed by atoms with E-state index in [-0.39, 0.29) is 0 Å². The smallest absolute Gasteiger partial charge is 0.0853 e. The summed E-state index contributed by atoms with van der Waals surface area (Å²) in [5.74, 6) is 0. The van der Waals surface area contributed by atoms with Crippen LogP contribution in [0, 0.1) is 0 Å². The van der Waals surface area contributed by atoms with Crippen LogP contribution in [0.25, 0.3) is 0 Å². The van der Waals surface area contributed by atoms with Crippen LogP contribution in [0.1, 0.15) is 5.56 Å². The SMILES string of the molecule is C[N+](C)(C)NCc1ccccc1. The van der Waals surface area contributed by atoms with E-state index in [0.717, 1.165) is 11.1 Å². The number of benzene rings is 1. The Hall–Kier alpha value is -0.860. The molecule has 0 amide bonds. The first kappa shape index (κ1) is 9.23. The summed E-state index contributed by atoms with van der Waals surface area (Å²) in [5.41, 5.74) is 4.70. The van der Waals surface area contributed by atoms with Gasteiger partial charge >= 0.3 is 0 Å². The highest BCUT2D eigenvalue weighted by Gasteiger charge is 2.04. The first-order chi connectivity index (χ1) is 5.58. The first-order valence-electron chi connectivity index (χ1n) is 4.18. The number of quaternary nitrogens is 1. The van der Waals surface area contributed by atoms with E-state index >= 15 is 0 Å². The molecule has 1 N–H and O–H groups in total. The summed E-state index contributed by atoms with van der Waals surface area (Å²) in [6, 6.07) is 10.4. The highest BCUT2D eigenvalue weighted by Crippen LogP contribution is 1.98. The number of nitrogens with one attached hydrogen (secondary N) is 1. The molecule has 0 fully saturated rings. The van der Waals surface area contributed by atoms with Crippen molar-refractivity contribution in [3.63, 3.8) is 0 Å². The summed E-state index contributed by atoms with van der Waals surface area (Å²) in [4.78, 5) is 0. The molecule has 0 spiro atoms. The number of rotatable bonds is 3. The maximum absolute atomic E-state index is 3.38. The molecule has 2 heteroatoms. The molecule has 0 saturated heterocycles. The van der Waals surface area contributed by atoms with Crippen LogP contribution < -0.4 is 5.43 Å². The van der Waals surface area contributed by atoms with Gasteiger partial charge in [-0.3, -0.25) is 4.59 Å². The minimum absolute atomic E-state index is 0.787. The number of hydrogen-bond donors (Lipinski definition) is 1. The van der Waals surface area contributed by atoms with Gasteiger partial charge in [0, 0.05) is 0 Å². The minimum atomic E-state index is 0.787. The fourth-order valence-corrected chi connectivity index (χ4v) is 0.924. The molecule has 0 aromatic heterocycles. The lowest BCUT2D eigenvalue weighted by Crippen LogP contribution is -2.47. The summed E-state index contributed by atoms with van der Waals surface area (Å²) in [6.45, 7) is 0.921. The molecular formula is C10H17N2+. The van der Waals surface area contributed by atoms with Crippen LogP contribution in [0.15, 0.2) is 30.3 Å². The highest BCUT2D eigenvalue weighted by atomic mass is 15.6. The van der Waals surface area contributed by atoms with Gasteiger partial charge in [-0.1, -0.05) is 30.3 Å². The van der Waals surface area contributed by atoms with Gasteiger partial charge in [0.25, 0.3) is 0 Å². The Balaban J connectivity index is 2.44. The van der Waals surface area contributed by atoms with Crippen molar-refractivity contribution in [3.05, 3.63) is 35.9 Å². The third-order valence-corrected chi connectivity index (χ3v) is 1.60. The predicted octanol–water partition coefficient (Wildman–Crippen LogP) is 1.40. The molecule has 0 aliphatic heterocycles. The van der Waals surface area contributed by atoms with Crippen molar-refractivity contribution < 1.29 is 4.59 Å². The van der Waals surface area contributed by atoms with E-state index in [0.29, 0.717) is 0 Å². The van der Waals surface area contributed by atoms with Gasteiger partial charge < -0.3 is 0 Å². The summed E-state index contributed by atoms with van der Waals surface area (Å²) >= 11 is 0. The number of hydrogen-bond acceptors (Lipinski definition) is 1. The van der Waals surface area contributed by atoms with E-state index in [4.69, 9.17) is 0 Å². The molecule has 0 bridgehead atoms. The van der Waals surface area contributed by atoms with Crippen LogP contribution in [-0.2, 0) is 6.54 Å². The Bertz CT molecular complexity index is 223. The Morgan fingerprint density at radius 2 is 1.67 bits per heavy atom. The molecule has 2 nitrogen and oxygen atoms in total. The van der Waals surface area contributed by atoms with E-state index in [9.17, 15) is 0 Å². The fraction of sp³-hybridized carbons (Fsp3) is 0.400. The molecule has 12 heavy (non-hydrogen) atoms. The van der Waals surface area contributed by atoms with Crippen molar-refractivity contribution in [3.8, 4) is 0 Å². The van der Waals surface area contributed by atoms with E-state index in [2.05, 4.69) is 50.8 Å². The van der Waals surface area contributed by atoms with Crippen molar-refractivity contribution in [2.75, 3.05) is 21.1 Å². The topological polar surface area (TPSA) is 12.0 Å². The maximum atomic E-state index is 3.38. The van der Waals surface area contributed by atoms with Gasteiger partial charge in [0.15, 0.2) is 0 Å². The summed E-state index contributed by atoms with van der Waals surface area (Å²) in [7, 11) is 6.34. The first-order valence-corrected chi connectivity index (χ1v) is 4.18. The second-order valence-corrected chi connectivity index (χ2v) is 3.83. The second-order valence-electron chi connectivity index (χ2n) is 3.83. The molecule has 1 aromatic rings. The summed E-state index contributed by atoms with van der Waals surface area (Å²) < 4.78 is 0.787. The molecule has 0 atom stereocenters. The van der Waals surface area contributed by atoms with Crippen LogP contribution in [0.2, 0.25) is 0 Å². The summed E-state index contributed by atoms with van der Waals surface area (Å²) in [6.07, 6.45) is 0. The van der Waals surface area contributed by atoms with Gasteiger partial charge in [-0.2, -0.15) is 5.43 Å². The van der Waals surface area contributed by atoms with Crippen LogP contribution in [0.3, 0.4) is 0 Å². The molecule has 1 rings (SSSR count). The highest BCUT2D eigenvalue weighted by molar-refractivity contribution is 5.13. The zero-order valence-electron chi connectivity index (χ0n) is 8.04. The lowest BCUT2D eigenvalue weighted by atomic mass is 10.2. The third kappa shape index (κ3) is 3.51. The molecule has 0 saturated carbocycles. The molecule has 0 unspecified atom stereocenters. The van der Waals surface area contributed by atoms with Crippen molar-refractivity contribution >= 4 is 0 Å². The van der Waals surface area contributed by atoms with Gasteiger partial charge in [0.2, 0.25) is 0 Å². The minimum Gasteiger partial charge on any atom is -0.253 e. The van der Waals surface area contributed by atoms with E-state index in [1.54, 1.807) is 0 Å². The molecule has 1 aromatic carbocycles. The second kappa shape index (κ2) is 3.70. The monoisotopic (exact) mass is 165 g/mol. The molecule has 66 valence electrons. The Labute approximate surface area is 74.4 Å². The zero-order chi connectivity index (χ0) is 9.03. The predicted molar refractivity (Wildman–Crippen MR) is 51.3 cm³/mol.